The summed E-state index contributed by atoms with van der Waals surface area (Å²) in [7, 11) is 0. The Balaban J connectivity index is 1.28. The van der Waals surface area contributed by atoms with Gasteiger partial charge in [-0.25, -0.2) is 4.79 Å². The number of likely N-dealkylation sites (tertiary alicyclic amines) is 1. The predicted octanol–water partition coefficient (Wildman–Crippen LogP) is 7.51. The molecule has 4 fully saturated rings. The number of hydrogen-bond acceptors (Lipinski definition) is 7. The van der Waals surface area contributed by atoms with Crippen molar-refractivity contribution in [3.8, 4) is 0 Å². The van der Waals surface area contributed by atoms with Gasteiger partial charge in [-0.3, -0.25) is 24.9 Å². The van der Waals surface area contributed by atoms with E-state index in [1.165, 1.54) is 25.3 Å². The first-order chi connectivity index (χ1) is 25.8. The lowest BCUT2D eigenvalue weighted by Gasteiger charge is -2.47. The van der Waals surface area contributed by atoms with E-state index >= 15 is 0 Å². The molecule has 11 nitrogen and oxygen atoms in total. The van der Waals surface area contributed by atoms with E-state index in [4.69, 9.17) is 14.5 Å². The second kappa shape index (κ2) is 16.4. The average Bonchev–Trinajstić information content (AvgIpc) is 3.80. The van der Waals surface area contributed by atoms with Gasteiger partial charge in [0.15, 0.2) is 0 Å². The summed E-state index contributed by atoms with van der Waals surface area (Å²) in [4.78, 5) is 56.1. The number of esters is 1. The number of piperidine rings is 2. The smallest absolute Gasteiger partial charge is 0.414 e. The maximum Gasteiger partial charge on any atom is 0.414 e. The van der Waals surface area contributed by atoms with Crippen molar-refractivity contribution >= 4 is 40.4 Å². The van der Waals surface area contributed by atoms with Crippen LogP contribution in [0.5, 0.6) is 0 Å². The van der Waals surface area contributed by atoms with Crippen molar-refractivity contribution in [3.63, 3.8) is 0 Å². The third kappa shape index (κ3) is 8.82. The molecule has 1 aliphatic carbocycles. The predicted molar refractivity (Wildman–Crippen MR) is 212 cm³/mol. The van der Waals surface area contributed by atoms with Gasteiger partial charge in [0.2, 0.25) is 11.9 Å². The van der Waals surface area contributed by atoms with Crippen molar-refractivity contribution in [1.29, 1.82) is 0 Å². The summed E-state index contributed by atoms with van der Waals surface area (Å²) < 4.78 is 10.8. The summed E-state index contributed by atoms with van der Waals surface area (Å²) in [6.07, 6.45) is 12.3. The molecule has 2 N–H and O–H groups in total. The van der Waals surface area contributed by atoms with E-state index in [9.17, 15) is 14.4 Å². The van der Waals surface area contributed by atoms with Gasteiger partial charge in [-0.2, -0.15) is 0 Å². The van der Waals surface area contributed by atoms with Crippen molar-refractivity contribution in [2.45, 2.75) is 116 Å². The fourth-order valence-electron chi connectivity index (χ4n) is 8.46. The van der Waals surface area contributed by atoms with E-state index in [2.05, 4.69) is 77.1 Å². The molecule has 1 atom stereocenters. The van der Waals surface area contributed by atoms with Gasteiger partial charge in [0, 0.05) is 74.1 Å². The van der Waals surface area contributed by atoms with Crippen LogP contribution >= 0.6 is 0 Å². The quantitative estimate of drug-likeness (QED) is 0.118. The number of H-pyrrole nitrogens is 1. The maximum atomic E-state index is 14.2. The Hall–Kier alpha value is -4.67. The first-order valence-electron chi connectivity index (χ1n) is 19.7. The standard InChI is InChI=1S/C43H58N6O5/c1-8-9-28(2)38-35(36-24-33(12-15-37(36)46-38)43(6,7)39(51)49-25-30-10-13-34(49)14-11-30)18-22-45-40(47-41(52)54-42(4,5)27-53-29(3)50)48-23-19-32(26-48)31-16-20-44-21-17-31/h9,12,15-17,20-21,24,30,32,34,46H,8,10-11,13-14,18-19,22-23,25-27H2,1-7H3,(H,45,47,52)/b28-9+. The van der Waals surface area contributed by atoms with E-state index < -0.39 is 23.1 Å². The molecule has 0 spiro atoms. The minimum absolute atomic E-state index is 0.0620. The van der Waals surface area contributed by atoms with Crippen LogP contribution in [0.2, 0.25) is 0 Å². The highest BCUT2D eigenvalue weighted by Crippen LogP contribution is 2.39. The molecule has 11 heteroatoms. The zero-order valence-corrected chi connectivity index (χ0v) is 33.2. The summed E-state index contributed by atoms with van der Waals surface area (Å²) in [5.41, 5.74) is 4.88. The number of benzene rings is 1. The van der Waals surface area contributed by atoms with Gasteiger partial charge < -0.3 is 24.3 Å². The van der Waals surface area contributed by atoms with Crippen LogP contribution in [0.15, 0.2) is 53.8 Å². The van der Waals surface area contributed by atoms with Crippen LogP contribution in [-0.4, -0.2) is 88.1 Å². The summed E-state index contributed by atoms with van der Waals surface area (Å²) in [6.45, 7) is 15.7. The van der Waals surface area contributed by atoms with Gasteiger partial charge >= 0.3 is 12.1 Å². The van der Waals surface area contributed by atoms with E-state index in [-0.39, 0.29) is 18.4 Å². The van der Waals surface area contributed by atoms with Crippen LogP contribution in [0.25, 0.3) is 16.5 Å². The molecule has 54 heavy (non-hydrogen) atoms. The Morgan fingerprint density at radius 2 is 1.76 bits per heavy atom. The molecule has 7 rings (SSSR count). The topological polar surface area (TPSA) is 129 Å². The third-order valence-corrected chi connectivity index (χ3v) is 11.5. The van der Waals surface area contributed by atoms with Crippen molar-refractivity contribution in [2.24, 2.45) is 10.9 Å². The number of allylic oxidation sites excluding steroid dienone is 2. The number of fused-ring (bicyclic) bond motifs is 4. The van der Waals surface area contributed by atoms with Crippen LogP contribution < -0.4 is 5.32 Å². The van der Waals surface area contributed by atoms with Crippen molar-refractivity contribution in [2.75, 3.05) is 32.8 Å². The highest BCUT2D eigenvalue weighted by atomic mass is 16.6. The zero-order chi connectivity index (χ0) is 38.6. The number of aromatic amines is 1. The van der Waals surface area contributed by atoms with Gasteiger partial charge in [0.1, 0.15) is 12.2 Å². The SMILES string of the molecule is CC/C=C(\C)c1[nH]c2ccc(C(C)(C)C(=O)N3CC4CCC3CC4)cc2c1CCN=C(NC(=O)OC(C)(C)COC(C)=O)N1CCC(c2ccncc2)C1. The highest BCUT2D eigenvalue weighted by molar-refractivity contribution is 5.95. The molecular formula is C43H58N6O5. The Labute approximate surface area is 320 Å². The Kier molecular flexibility index (Phi) is 11.8. The molecular weight excluding hydrogens is 681 g/mol. The number of aliphatic imine (C=N–C) groups is 1. The number of pyridine rings is 1. The van der Waals surface area contributed by atoms with Gasteiger partial charge in [0.25, 0.3) is 0 Å². The minimum Gasteiger partial charge on any atom is -0.462 e. The number of carbonyl (C=O) groups excluding carboxylic acids is 3. The van der Waals surface area contributed by atoms with Crippen LogP contribution in [0.1, 0.15) is 115 Å². The van der Waals surface area contributed by atoms with E-state index in [0.717, 1.165) is 65.5 Å². The minimum atomic E-state index is -1.03. The maximum absolute atomic E-state index is 14.2. The number of amides is 2. The summed E-state index contributed by atoms with van der Waals surface area (Å²) >= 11 is 0. The number of hydrogen-bond donors (Lipinski definition) is 2. The van der Waals surface area contributed by atoms with Crippen molar-refractivity contribution < 1.29 is 23.9 Å². The number of ether oxygens (including phenoxy) is 2. The lowest BCUT2D eigenvalue weighted by molar-refractivity contribution is -0.147. The molecule has 2 bridgehead atoms. The zero-order valence-electron chi connectivity index (χ0n) is 33.2. The summed E-state index contributed by atoms with van der Waals surface area (Å²) in [5.74, 6) is 1.12. The summed E-state index contributed by atoms with van der Waals surface area (Å²) in [6, 6.07) is 10.8. The number of nitrogens with zero attached hydrogens (tertiary/aromatic N) is 4. The number of aromatic nitrogens is 2. The monoisotopic (exact) mass is 738 g/mol. The molecule has 5 heterocycles. The number of alkyl carbamates (subject to hydrolysis) is 1. The number of guanidine groups is 1. The molecule has 290 valence electrons. The molecule has 1 unspecified atom stereocenters. The molecule has 2 aromatic heterocycles. The van der Waals surface area contributed by atoms with Gasteiger partial charge in [-0.1, -0.05) is 19.1 Å². The molecule has 3 aromatic rings. The van der Waals surface area contributed by atoms with Gasteiger partial charge in [-0.05, 0) is 132 Å². The Morgan fingerprint density at radius 1 is 1.02 bits per heavy atom. The number of rotatable bonds is 11. The highest BCUT2D eigenvalue weighted by Gasteiger charge is 2.42. The van der Waals surface area contributed by atoms with Crippen LogP contribution in [0.4, 0.5) is 4.79 Å². The van der Waals surface area contributed by atoms with Crippen LogP contribution in [0, 0.1) is 5.92 Å². The average molecular weight is 739 g/mol. The fraction of sp³-hybridized carbons (Fsp3) is 0.558. The van der Waals surface area contributed by atoms with Crippen LogP contribution in [-0.2, 0) is 30.9 Å². The second-order valence-electron chi connectivity index (χ2n) is 16.5. The molecule has 1 saturated carbocycles. The van der Waals surface area contributed by atoms with Gasteiger partial charge in [0.05, 0.1) is 5.41 Å². The van der Waals surface area contributed by atoms with Crippen molar-refractivity contribution in [1.82, 2.24) is 25.1 Å². The molecule has 2 amide bonds. The molecule has 3 aliphatic heterocycles. The lowest BCUT2D eigenvalue weighted by Crippen LogP contribution is -2.55. The van der Waals surface area contributed by atoms with E-state index in [1.54, 1.807) is 26.2 Å². The Morgan fingerprint density at radius 3 is 2.43 bits per heavy atom. The summed E-state index contributed by atoms with van der Waals surface area (Å²) in [5, 5.41) is 4.02. The van der Waals surface area contributed by atoms with Crippen LogP contribution in [0.3, 0.4) is 0 Å². The number of nitrogens with one attached hydrogen (secondary N) is 2. The third-order valence-electron chi connectivity index (χ3n) is 11.5. The van der Waals surface area contributed by atoms with E-state index in [1.807, 2.05) is 12.1 Å². The normalized spacial score (nSPS) is 20.8. The first-order valence-corrected chi connectivity index (χ1v) is 19.7. The Bertz CT molecular complexity index is 1890. The van der Waals surface area contributed by atoms with E-state index in [0.29, 0.717) is 44.0 Å². The fourth-order valence-corrected chi connectivity index (χ4v) is 8.46. The molecule has 1 aromatic carbocycles. The first kappa shape index (κ1) is 39.0. The lowest BCUT2D eigenvalue weighted by atomic mass is 9.76. The molecule has 4 aliphatic rings. The number of carbonyl (C=O) groups is 3. The molecule has 3 saturated heterocycles. The van der Waals surface area contributed by atoms with Gasteiger partial charge in [-0.15, -0.1) is 0 Å². The molecule has 0 radical (unpaired) electrons. The largest absolute Gasteiger partial charge is 0.462 e. The van der Waals surface area contributed by atoms with Crippen molar-refractivity contribution in [3.05, 3.63) is 71.2 Å². The second-order valence-corrected chi connectivity index (χ2v) is 16.5.